The van der Waals surface area contributed by atoms with E-state index < -0.39 is 0 Å². The summed E-state index contributed by atoms with van der Waals surface area (Å²) in [6.45, 7) is 0.408. The number of carbonyl (C=O) groups is 1. The van der Waals surface area contributed by atoms with Crippen LogP contribution in [0.2, 0.25) is 0 Å². The maximum Gasteiger partial charge on any atom is 0.251 e. The van der Waals surface area contributed by atoms with Gasteiger partial charge in [0, 0.05) is 23.7 Å². The predicted molar refractivity (Wildman–Crippen MR) is 125 cm³/mol. The molecule has 4 aromatic rings. The first-order chi connectivity index (χ1) is 16.1. The number of methoxy groups -OCH3 is 2. The second kappa shape index (κ2) is 10.3. The first-order valence-electron chi connectivity index (χ1n) is 10.3. The highest BCUT2D eigenvalue weighted by Crippen LogP contribution is 2.25. The van der Waals surface area contributed by atoms with E-state index in [4.69, 9.17) is 14.2 Å². The lowest BCUT2D eigenvalue weighted by atomic mass is 10.1. The fourth-order valence-corrected chi connectivity index (χ4v) is 3.16. The lowest BCUT2D eigenvalue weighted by molar-refractivity contribution is 0.0950. The van der Waals surface area contributed by atoms with Crippen LogP contribution in [0.4, 0.5) is 0 Å². The van der Waals surface area contributed by atoms with Crippen molar-refractivity contribution < 1.29 is 19.0 Å². The van der Waals surface area contributed by atoms with Crippen LogP contribution in [-0.2, 0) is 6.54 Å². The molecule has 0 aliphatic carbocycles. The summed E-state index contributed by atoms with van der Waals surface area (Å²) in [5, 5.41) is 2.91. The van der Waals surface area contributed by atoms with Crippen molar-refractivity contribution in [2.75, 3.05) is 14.2 Å². The van der Waals surface area contributed by atoms with E-state index in [1.54, 1.807) is 44.6 Å². The minimum Gasteiger partial charge on any atom is -0.497 e. The molecule has 0 fully saturated rings. The average Bonchev–Trinajstić information content (AvgIpc) is 2.88. The molecule has 3 aromatic carbocycles. The Morgan fingerprint density at radius 2 is 1.52 bits per heavy atom. The fourth-order valence-electron chi connectivity index (χ4n) is 3.16. The zero-order valence-corrected chi connectivity index (χ0v) is 18.3. The first kappa shape index (κ1) is 21.8. The molecule has 0 bridgehead atoms. The molecule has 7 nitrogen and oxygen atoms in total. The molecule has 0 aliphatic rings. The highest BCUT2D eigenvalue weighted by atomic mass is 16.5. The molecule has 0 unspecified atom stereocenters. The zero-order valence-electron chi connectivity index (χ0n) is 18.3. The molecule has 1 amide bonds. The number of carbonyl (C=O) groups excluding carboxylic acids is 1. The van der Waals surface area contributed by atoms with Gasteiger partial charge in [0.1, 0.15) is 23.6 Å². The number of hydrogen-bond acceptors (Lipinski definition) is 6. The van der Waals surface area contributed by atoms with Gasteiger partial charge in [-0.2, -0.15) is 0 Å². The van der Waals surface area contributed by atoms with Crippen LogP contribution in [0.25, 0.3) is 11.3 Å². The number of ether oxygens (including phenoxy) is 3. The molecular weight excluding hydrogens is 418 g/mol. The standard InChI is InChI=1S/C26H23N3O4/c1-31-21-10-6-18(7-11-21)16-27-26(30)20-4-3-5-23(14-20)33-25-15-24(28-17-29-25)19-8-12-22(32-2)13-9-19/h3-15,17H,16H2,1-2H3,(H,27,30). The van der Waals surface area contributed by atoms with Crippen LogP contribution in [0.1, 0.15) is 15.9 Å². The maximum absolute atomic E-state index is 12.6. The van der Waals surface area contributed by atoms with Gasteiger partial charge in [-0.25, -0.2) is 9.97 Å². The smallest absolute Gasteiger partial charge is 0.251 e. The van der Waals surface area contributed by atoms with E-state index in [0.717, 1.165) is 28.3 Å². The average molecular weight is 441 g/mol. The van der Waals surface area contributed by atoms with Crippen LogP contribution >= 0.6 is 0 Å². The molecule has 33 heavy (non-hydrogen) atoms. The van der Waals surface area contributed by atoms with Crippen molar-refractivity contribution in [2.45, 2.75) is 6.54 Å². The summed E-state index contributed by atoms with van der Waals surface area (Å²) in [5.74, 6) is 2.23. The van der Waals surface area contributed by atoms with Crippen molar-refractivity contribution in [2.24, 2.45) is 0 Å². The third kappa shape index (κ3) is 5.65. The van der Waals surface area contributed by atoms with Crippen molar-refractivity contribution in [3.63, 3.8) is 0 Å². The quantitative estimate of drug-likeness (QED) is 0.420. The van der Waals surface area contributed by atoms with E-state index in [-0.39, 0.29) is 5.91 Å². The van der Waals surface area contributed by atoms with E-state index >= 15 is 0 Å². The van der Waals surface area contributed by atoms with Gasteiger partial charge < -0.3 is 19.5 Å². The molecule has 1 N–H and O–H groups in total. The minimum absolute atomic E-state index is 0.196. The Balaban J connectivity index is 1.42. The molecular formula is C26H23N3O4. The van der Waals surface area contributed by atoms with E-state index in [2.05, 4.69) is 15.3 Å². The van der Waals surface area contributed by atoms with Crippen LogP contribution in [-0.4, -0.2) is 30.1 Å². The van der Waals surface area contributed by atoms with Gasteiger partial charge in [-0.1, -0.05) is 18.2 Å². The largest absolute Gasteiger partial charge is 0.497 e. The van der Waals surface area contributed by atoms with Crippen molar-refractivity contribution in [3.05, 3.63) is 96.3 Å². The SMILES string of the molecule is COc1ccc(CNC(=O)c2cccc(Oc3cc(-c4ccc(OC)cc4)ncn3)c2)cc1. The molecule has 0 aliphatic heterocycles. The molecule has 166 valence electrons. The van der Waals surface area contributed by atoms with E-state index in [9.17, 15) is 4.79 Å². The van der Waals surface area contributed by atoms with Gasteiger partial charge in [-0.3, -0.25) is 4.79 Å². The molecule has 7 heteroatoms. The van der Waals surface area contributed by atoms with E-state index in [1.165, 1.54) is 6.33 Å². The van der Waals surface area contributed by atoms with Gasteiger partial charge in [-0.15, -0.1) is 0 Å². The number of nitrogens with one attached hydrogen (secondary N) is 1. The lowest BCUT2D eigenvalue weighted by Crippen LogP contribution is -2.22. The second-order valence-electron chi connectivity index (χ2n) is 7.13. The van der Waals surface area contributed by atoms with Crippen molar-refractivity contribution in [1.29, 1.82) is 0 Å². The number of benzene rings is 3. The van der Waals surface area contributed by atoms with Crippen molar-refractivity contribution >= 4 is 5.91 Å². The summed E-state index contributed by atoms with van der Waals surface area (Å²) >= 11 is 0. The second-order valence-corrected chi connectivity index (χ2v) is 7.13. The third-order valence-electron chi connectivity index (χ3n) is 4.96. The number of rotatable bonds is 8. The Hall–Kier alpha value is -4.39. The van der Waals surface area contributed by atoms with Gasteiger partial charge in [0.05, 0.1) is 19.9 Å². The Morgan fingerprint density at radius 3 is 2.21 bits per heavy atom. The first-order valence-corrected chi connectivity index (χ1v) is 10.3. The monoisotopic (exact) mass is 441 g/mol. The molecule has 1 aromatic heterocycles. The van der Waals surface area contributed by atoms with E-state index in [1.807, 2.05) is 48.5 Å². The molecule has 0 saturated heterocycles. The Labute approximate surface area is 192 Å². The molecule has 4 rings (SSSR count). The highest BCUT2D eigenvalue weighted by Gasteiger charge is 2.09. The summed E-state index contributed by atoms with van der Waals surface area (Å²) in [6, 6.07) is 23.8. The predicted octanol–water partition coefficient (Wildman–Crippen LogP) is 4.88. The fraction of sp³-hybridized carbons (Fsp3) is 0.115. The normalized spacial score (nSPS) is 10.4. The third-order valence-corrected chi connectivity index (χ3v) is 4.96. The number of aromatic nitrogens is 2. The van der Waals surface area contributed by atoms with Crippen molar-refractivity contribution in [1.82, 2.24) is 15.3 Å². The zero-order chi connectivity index (χ0) is 23.0. The summed E-state index contributed by atoms with van der Waals surface area (Å²) < 4.78 is 16.2. The van der Waals surface area contributed by atoms with Crippen LogP contribution in [0.15, 0.2) is 85.2 Å². The summed E-state index contributed by atoms with van der Waals surface area (Å²) in [6.07, 6.45) is 1.44. The van der Waals surface area contributed by atoms with Gasteiger partial charge in [0.15, 0.2) is 0 Å². The topological polar surface area (TPSA) is 82.6 Å². The number of nitrogens with zero attached hydrogens (tertiary/aromatic N) is 2. The maximum atomic E-state index is 12.6. The summed E-state index contributed by atoms with van der Waals surface area (Å²) in [4.78, 5) is 21.1. The van der Waals surface area contributed by atoms with Gasteiger partial charge in [0.2, 0.25) is 5.88 Å². The Kier molecular flexibility index (Phi) is 6.80. The summed E-state index contributed by atoms with van der Waals surface area (Å²) in [5.41, 5.74) is 3.10. The lowest BCUT2D eigenvalue weighted by Gasteiger charge is -2.09. The minimum atomic E-state index is -0.196. The molecule has 0 spiro atoms. The van der Waals surface area contributed by atoms with Crippen LogP contribution < -0.4 is 19.5 Å². The van der Waals surface area contributed by atoms with Gasteiger partial charge >= 0.3 is 0 Å². The van der Waals surface area contributed by atoms with Crippen LogP contribution in [0.5, 0.6) is 23.1 Å². The Bertz CT molecular complexity index is 1230. The van der Waals surface area contributed by atoms with Gasteiger partial charge in [-0.05, 0) is 60.2 Å². The molecule has 0 atom stereocenters. The van der Waals surface area contributed by atoms with E-state index in [0.29, 0.717) is 23.7 Å². The molecule has 1 heterocycles. The highest BCUT2D eigenvalue weighted by molar-refractivity contribution is 5.94. The molecule has 0 radical (unpaired) electrons. The summed E-state index contributed by atoms with van der Waals surface area (Å²) in [7, 11) is 3.24. The number of hydrogen-bond donors (Lipinski definition) is 1. The Morgan fingerprint density at radius 1 is 0.818 bits per heavy atom. The van der Waals surface area contributed by atoms with Crippen LogP contribution in [0.3, 0.4) is 0 Å². The number of amides is 1. The van der Waals surface area contributed by atoms with Gasteiger partial charge in [0.25, 0.3) is 5.91 Å². The van der Waals surface area contributed by atoms with Crippen LogP contribution in [0, 0.1) is 0 Å². The van der Waals surface area contributed by atoms with Crippen molar-refractivity contribution in [3.8, 4) is 34.4 Å². The molecule has 0 saturated carbocycles.